The Kier molecular flexibility index (Phi) is 8.09. The zero-order valence-electron chi connectivity index (χ0n) is 17.1. The van der Waals surface area contributed by atoms with Crippen LogP contribution in [0.25, 0.3) is 10.9 Å². The Morgan fingerprint density at radius 2 is 2.20 bits per heavy atom. The lowest BCUT2D eigenvalue weighted by atomic mass is 10.2. The van der Waals surface area contributed by atoms with E-state index in [1.54, 1.807) is 16.7 Å². The minimum absolute atomic E-state index is 0.248. The van der Waals surface area contributed by atoms with Gasteiger partial charge < -0.3 is 24.4 Å². The smallest absolute Gasteiger partial charge is 0.328 e. The second-order valence-electron chi connectivity index (χ2n) is 6.75. The molecular weight excluding hydrogens is 408 g/mol. The van der Waals surface area contributed by atoms with E-state index in [1.807, 2.05) is 30.5 Å². The number of morpholine rings is 1. The van der Waals surface area contributed by atoms with Crippen LogP contribution in [0.3, 0.4) is 0 Å². The number of aromatic nitrogens is 2. The molecule has 1 aromatic heterocycles. The van der Waals surface area contributed by atoms with Crippen molar-refractivity contribution in [1.29, 1.82) is 0 Å². The first-order chi connectivity index (χ1) is 14.6. The first-order valence-electron chi connectivity index (χ1n) is 9.68. The number of benzene rings is 1. The number of hydrogen-bond donors (Lipinski definition) is 1. The molecular formula is C20H26N4O5S. The number of hydrogen-bond acceptors (Lipinski definition) is 8. The molecule has 1 fully saturated rings. The van der Waals surface area contributed by atoms with Crippen LogP contribution in [0.4, 0.5) is 4.79 Å². The van der Waals surface area contributed by atoms with E-state index in [1.165, 1.54) is 13.4 Å². The van der Waals surface area contributed by atoms with Crippen LogP contribution in [-0.2, 0) is 14.3 Å². The number of nitrogens with zero attached hydrogens (tertiary/aromatic N) is 3. The largest absolute Gasteiger partial charge is 0.474 e. The Labute approximate surface area is 179 Å². The number of carbonyl (C=O) groups excluding carboxylic acids is 2. The SMILES string of the molecule is COC(=O)C(CCSC)NC(=O)N1CCOC(COc2ncnc3ccccc23)C1. The average Bonchev–Trinajstić information content (AvgIpc) is 2.79. The molecule has 2 aromatic rings. The van der Waals surface area contributed by atoms with E-state index >= 15 is 0 Å². The summed E-state index contributed by atoms with van der Waals surface area (Å²) >= 11 is 1.61. The Bertz CT molecular complexity index is 863. The molecule has 2 heterocycles. The van der Waals surface area contributed by atoms with Crippen LogP contribution in [0.2, 0.25) is 0 Å². The number of nitrogens with one attached hydrogen (secondary N) is 1. The number of carbonyl (C=O) groups is 2. The van der Waals surface area contributed by atoms with Crippen molar-refractivity contribution in [2.24, 2.45) is 0 Å². The highest BCUT2D eigenvalue weighted by Crippen LogP contribution is 2.21. The normalized spacial score (nSPS) is 17.4. The highest BCUT2D eigenvalue weighted by Gasteiger charge is 2.28. The second kappa shape index (κ2) is 11.0. The second-order valence-corrected chi connectivity index (χ2v) is 7.74. The molecule has 10 heteroatoms. The zero-order chi connectivity index (χ0) is 21.3. The first-order valence-corrected chi connectivity index (χ1v) is 11.1. The van der Waals surface area contributed by atoms with Gasteiger partial charge >= 0.3 is 12.0 Å². The number of thioether (sulfide) groups is 1. The van der Waals surface area contributed by atoms with E-state index in [2.05, 4.69) is 15.3 Å². The van der Waals surface area contributed by atoms with Gasteiger partial charge in [-0.25, -0.2) is 19.6 Å². The van der Waals surface area contributed by atoms with E-state index in [0.717, 1.165) is 16.7 Å². The van der Waals surface area contributed by atoms with Crippen molar-refractivity contribution < 1.29 is 23.8 Å². The molecule has 162 valence electrons. The number of amides is 2. The van der Waals surface area contributed by atoms with Crippen molar-refractivity contribution in [3.63, 3.8) is 0 Å². The average molecular weight is 435 g/mol. The van der Waals surface area contributed by atoms with Gasteiger partial charge in [0, 0.05) is 6.54 Å². The predicted molar refractivity (Wildman–Crippen MR) is 114 cm³/mol. The molecule has 1 saturated heterocycles. The Balaban J connectivity index is 1.56. The number of rotatable bonds is 8. The molecule has 2 unspecified atom stereocenters. The summed E-state index contributed by atoms with van der Waals surface area (Å²) in [6.45, 7) is 1.43. The fourth-order valence-electron chi connectivity index (χ4n) is 3.14. The molecule has 0 radical (unpaired) electrons. The summed E-state index contributed by atoms with van der Waals surface area (Å²) in [6, 6.07) is 6.61. The van der Waals surface area contributed by atoms with Gasteiger partial charge in [-0.1, -0.05) is 12.1 Å². The number of urea groups is 1. The highest BCUT2D eigenvalue weighted by atomic mass is 32.2. The van der Waals surface area contributed by atoms with Crippen LogP contribution in [0.5, 0.6) is 5.88 Å². The predicted octanol–water partition coefficient (Wildman–Crippen LogP) is 1.71. The van der Waals surface area contributed by atoms with Crippen molar-refractivity contribution in [3.05, 3.63) is 30.6 Å². The van der Waals surface area contributed by atoms with Crippen LogP contribution >= 0.6 is 11.8 Å². The molecule has 1 aliphatic heterocycles. The van der Waals surface area contributed by atoms with Gasteiger partial charge in [0.15, 0.2) is 0 Å². The maximum atomic E-state index is 12.7. The molecule has 0 spiro atoms. The summed E-state index contributed by atoms with van der Waals surface area (Å²) in [5.41, 5.74) is 0.798. The third kappa shape index (κ3) is 5.73. The maximum absolute atomic E-state index is 12.7. The summed E-state index contributed by atoms with van der Waals surface area (Å²) in [6.07, 6.45) is 3.61. The molecule has 1 aromatic carbocycles. The Morgan fingerprint density at radius 1 is 1.37 bits per heavy atom. The van der Waals surface area contributed by atoms with Gasteiger partial charge in [0.2, 0.25) is 5.88 Å². The van der Waals surface area contributed by atoms with Crippen molar-refractivity contribution in [2.75, 3.05) is 45.4 Å². The van der Waals surface area contributed by atoms with Gasteiger partial charge in [-0.2, -0.15) is 11.8 Å². The van der Waals surface area contributed by atoms with Crippen LogP contribution in [0.15, 0.2) is 30.6 Å². The molecule has 3 rings (SSSR count). The molecule has 9 nitrogen and oxygen atoms in total. The first kappa shape index (κ1) is 22.1. The Morgan fingerprint density at radius 3 is 3.00 bits per heavy atom. The fourth-order valence-corrected chi connectivity index (χ4v) is 3.61. The van der Waals surface area contributed by atoms with E-state index < -0.39 is 12.0 Å². The summed E-state index contributed by atoms with van der Waals surface area (Å²) in [5.74, 6) is 0.779. The molecule has 0 aliphatic carbocycles. The molecule has 0 bridgehead atoms. The summed E-state index contributed by atoms with van der Waals surface area (Å²) in [4.78, 5) is 34.7. The lowest BCUT2D eigenvalue weighted by molar-refractivity contribution is -0.143. The minimum atomic E-state index is -0.667. The summed E-state index contributed by atoms with van der Waals surface area (Å²) in [5, 5.41) is 3.59. The maximum Gasteiger partial charge on any atom is 0.328 e. The summed E-state index contributed by atoms with van der Waals surface area (Å²) < 4.78 is 16.4. The van der Waals surface area contributed by atoms with Gasteiger partial charge in [-0.3, -0.25) is 0 Å². The molecule has 0 saturated carbocycles. The minimum Gasteiger partial charge on any atom is -0.474 e. The summed E-state index contributed by atoms with van der Waals surface area (Å²) in [7, 11) is 1.32. The topological polar surface area (TPSA) is 103 Å². The van der Waals surface area contributed by atoms with Gasteiger partial charge in [-0.05, 0) is 30.6 Å². The molecule has 2 atom stereocenters. The standard InChI is InChI=1S/C20H26N4O5S/c1-27-19(25)17(7-10-30-2)23-20(26)24-8-9-28-14(11-24)12-29-18-15-5-3-4-6-16(15)21-13-22-18/h3-6,13-14,17H,7-12H2,1-2H3,(H,23,26). The number of para-hydroxylation sites is 1. The van der Waals surface area contributed by atoms with Crippen molar-refractivity contribution in [2.45, 2.75) is 18.6 Å². The van der Waals surface area contributed by atoms with Crippen molar-refractivity contribution in [1.82, 2.24) is 20.2 Å². The molecule has 1 aliphatic rings. The lowest BCUT2D eigenvalue weighted by Gasteiger charge is -2.33. The van der Waals surface area contributed by atoms with E-state index in [9.17, 15) is 9.59 Å². The molecule has 2 amide bonds. The molecule has 30 heavy (non-hydrogen) atoms. The van der Waals surface area contributed by atoms with Crippen molar-refractivity contribution >= 4 is 34.7 Å². The Hall–Kier alpha value is -2.59. The quantitative estimate of drug-likeness (QED) is 0.627. The fraction of sp³-hybridized carbons (Fsp3) is 0.500. The number of fused-ring (bicyclic) bond motifs is 1. The monoisotopic (exact) mass is 434 g/mol. The third-order valence-corrected chi connectivity index (χ3v) is 5.38. The lowest BCUT2D eigenvalue weighted by Crippen LogP contribution is -2.54. The van der Waals surface area contributed by atoms with E-state index in [4.69, 9.17) is 14.2 Å². The van der Waals surface area contributed by atoms with E-state index in [-0.39, 0.29) is 18.7 Å². The van der Waals surface area contributed by atoms with Crippen LogP contribution in [0, 0.1) is 0 Å². The van der Waals surface area contributed by atoms with Crippen LogP contribution < -0.4 is 10.1 Å². The van der Waals surface area contributed by atoms with Gasteiger partial charge in [-0.15, -0.1) is 0 Å². The number of methoxy groups -OCH3 is 1. The van der Waals surface area contributed by atoms with E-state index in [0.29, 0.717) is 32.0 Å². The number of esters is 1. The van der Waals surface area contributed by atoms with Crippen LogP contribution in [-0.4, -0.2) is 84.4 Å². The van der Waals surface area contributed by atoms with Gasteiger partial charge in [0.05, 0.1) is 31.2 Å². The molecule has 1 N–H and O–H groups in total. The van der Waals surface area contributed by atoms with Gasteiger partial charge in [0.25, 0.3) is 0 Å². The highest BCUT2D eigenvalue weighted by molar-refractivity contribution is 7.98. The zero-order valence-corrected chi connectivity index (χ0v) is 17.9. The van der Waals surface area contributed by atoms with Crippen LogP contribution in [0.1, 0.15) is 6.42 Å². The third-order valence-electron chi connectivity index (χ3n) is 4.73. The van der Waals surface area contributed by atoms with Gasteiger partial charge in [0.1, 0.15) is 25.1 Å². The van der Waals surface area contributed by atoms with Crippen molar-refractivity contribution in [3.8, 4) is 5.88 Å². The number of ether oxygens (including phenoxy) is 3.